The SMILES string of the molecule is Cc1ccc([C@@H]2CC(=O)c3cnc(N)nc3C2)cc1. The molecule has 1 atom stereocenters. The molecule has 1 aromatic heterocycles. The lowest BCUT2D eigenvalue weighted by Gasteiger charge is -2.23. The van der Waals surface area contributed by atoms with Gasteiger partial charge < -0.3 is 5.73 Å². The van der Waals surface area contributed by atoms with Crippen LogP contribution < -0.4 is 5.73 Å². The van der Waals surface area contributed by atoms with Gasteiger partial charge in [0.15, 0.2) is 5.78 Å². The van der Waals surface area contributed by atoms with Crippen molar-refractivity contribution in [3.8, 4) is 0 Å². The van der Waals surface area contributed by atoms with E-state index in [9.17, 15) is 4.79 Å². The maximum Gasteiger partial charge on any atom is 0.220 e. The molecule has 1 aromatic carbocycles. The molecule has 0 aliphatic heterocycles. The minimum atomic E-state index is 0.104. The van der Waals surface area contributed by atoms with Crippen LogP contribution in [0.3, 0.4) is 0 Å². The first-order valence-electron chi connectivity index (χ1n) is 6.34. The average molecular weight is 253 g/mol. The average Bonchev–Trinajstić information content (AvgIpc) is 2.38. The van der Waals surface area contributed by atoms with Gasteiger partial charge in [-0.05, 0) is 24.8 Å². The van der Waals surface area contributed by atoms with E-state index in [2.05, 4.69) is 41.2 Å². The van der Waals surface area contributed by atoms with Crippen molar-refractivity contribution >= 4 is 11.7 Å². The van der Waals surface area contributed by atoms with Gasteiger partial charge in [-0.3, -0.25) is 4.79 Å². The number of hydrogen-bond acceptors (Lipinski definition) is 4. The number of nitrogen functional groups attached to an aromatic ring is 1. The van der Waals surface area contributed by atoms with E-state index >= 15 is 0 Å². The summed E-state index contributed by atoms with van der Waals surface area (Å²) in [5.74, 6) is 0.526. The lowest BCUT2D eigenvalue weighted by atomic mass is 9.82. The Hall–Kier alpha value is -2.23. The standard InChI is InChI=1S/C15H15N3O/c1-9-2-4-10(5-3-9)11-6-13-12(14(19)7-11)8-17-15(16)18-13/h2-5,8,11H,6-7H2,1H3,(H2,16,17,18)/t11-/m0/s1. The fourth-order valence-corrected chi connectivity index (χ4v) is 2.53. The van der Waals surface area contributed by atoms with E-state index in [0.29, 0.717) is 12.0 Å². The van der Waals surface area contributed by atoms with Crippen molar-refractivity contribution in [1.29, 1.82) is 0 Å². The van der Waals surface area contributed by atoms with Crippen molar-refractivity contribution < 1.29 is 4.79 Å². The maximum atomic E-state index is 12.1. The molecule has 1 aliphatic rings. The number of nitrogens with zero attached hydrogens (tertiary/aromatic N) is 2. The number of aromatic nitrogens is 2. The van der Waals surface area contributed by atoms with Gasteiger partial charge in [-0.2, -0.15) is 0 Å². The van der Waals surface area contributed by atoms with Gasteiger partial charge in [-0.15, -0.1) is 0 Å². The fraction of sp³-hybridized carbons (Fsp3) is 0.267. The third kappa shape index (κ3) is 2.21. The molecular weight excluding hydrogens is 238 g/mol. The Bertz CT molecular complexity index is 634. The molecule has 0 fully saturated rings. The number of aryl methyl sites for hydroxylation is 1. The number of fused-ring (bicyclic) bond motifs is 1. The maximum absolute atomic E-state index is 12.1. The number of benzene rings is 1. The topological polar surface area (TPSA) is 68.9 Å². The van der Waals surface area contributed by atoms with Crippen molar-refractivity contribution in [2.24, 2.45) is 0 Å². The van der Waals surface area contributed by atoms with Crippen molar-refractivity contribution in [2.45, 2.75) is 25.7 Å². The summed E-state index contributed by atoms with van der Waals surface area (Å²) >= 11 is 0. The van der Waals surface area contributed by atoms with Gasteiger partial charge in [-0.1, -0.05) is 29.8 Å². The van der Waals surface area contributed by atoms with Crippen molar-refractivity contribution in [3.05, 3.63) is 52.8 Å². The van der Waals surface area contributed by atoms with Crippen LogP contribution in [-0.4, -0.2) is 15.8 Å². The van der Waals surface area contributed by atoms with E-state index < -0.39 is 0 Å². The summed E-state index contributed by atoms with van der Waals surface area (Å²) in [5, 5.41) is 0. The number of anilines is 1. The minimum Gasteiger partial charge on any atom is -0.368 e. The van der Waals surface area contributed by atoms with E-state index in [1.54, 1.807) is 6.20 Å². The largest absolute Gasteiger partial charge is 0.368 e. The summed E-state index contributed by atoms with van der Waals surface area (Å²) in [5.41, 5.74) is 9.40. The summed E-state index contributed by atoms with van der Waals surface area (Å²) in [4.78, 5) is 20.2. The van der Waals surface area contributed by atoms with Crippen LogP contribution in [0.1, 0.15) is 39.5 Å². The third-order valence-electron chi connectivity index (χ3n) is 3.61. The number of Topliss-reactive ketones (excluding diaryl/α,β-unsaturated/α-hetero) is 1. The molecule has 3 rings (SSSR count). The van der Waals surface area contributed by atoms with Crippen molar-refractivity contribution in [1.82, 2.24) is 9.97 Å². The van der Waals surface area contributed by atoms with Crippen LogP contribution in [0.25, 0.3) is 0 Å². The minimum absolute atomic E-state index is 0.104. The first kappa shape index (κ1) is 11.8. The second-order valence-corrected chi connectivity index (χ2v) is 5.03. The summed E-state index contributed by atoms with van der Waals surface area (Å²) in [6.07, 6.45) is 2.81. The van der Waals surface area contributed by atoms with Gasteiger partial charge in [0.2, 0.25) is 5.95 Å². The molecule has 0 unspecified atom stereocenters. The molecule has 19 heavy (non-hydrogen) atoms. The lowest BCUT2D eigenvalue weighted by molar-refractivity contribution is 0.0963. The van der Waals surface area contributed by atoms with E-state index in [4.69, 9.17) is 5.73 Å². The predicted octanol–water partition coefficient (Wildman–Crippen LogP) is 2.28. The zero-order chi connectivity index (χ0) is 13.4. The Morgan fingerprint density at radius 2 is 1.95 bits per heavy atom. The normalized spacial score (nSPS) is 18.2. The molecule has 1 heterocycles. The van der Waals surface area contributed by atoms with Gasteiger partial charge in [0.1, 0.15) is 0 Å². The number of nitrogens with two attached hydrogens (primary N) is 1. The van der Waals surface area contributed by atoms with Crippen LogP contribution in [-0.2, 0) is 6.42 Å². The molecule has 4 heteroatoms. The van der Waals surface area contributed by atoms with Gasteiger partial charge >= 0.3 is 0 Å². The molecular formula is C15H15N3O. The number of carbonyl (C=O) groups excluding carboxylic acids is 1. The zero-order valence-electron chi connectivity index (χ0n) is 10.8. The van der Waals surface area contributed by atoms with Crippen LogP contribution in [0.15, 0.2) is 30.5 Å². The number of carbonyl (C=O) groups is 1. The zero-order valence-corrected chi connectivity index (χ0v) is 10.8. The van der Waals surface area contributed by atoms with Crippen LogP contribution in [0, 0.1) is 6.92 Å². The monoisotopic (exact) mass is 253 g/mol. The third-order valence-corrected chi connectivity index (χ3v) is 3.61. The van der Waals surface area contributed by atoms with Gasteiger partial charge in [-0.25, -0.2) is 9.97 Å². The number of ketones is 1. The molecule has 0 amide bonds. The van der Waals surface area contributed by atoms with Crippen LogP contribution in [0.4, 0.5) is 5.95 Å². The molecule has 0 spiro atoms. The molecule has 2 N–H and O–H groups in total. The van der Waals surface area contributed by atoms with Gasteiger partial charge in [0.05, 0.1) is 11.3 Å². The Morgan fingerprint density at radius 1 is 1.21 bits per heavy atom. The Labute approximate surface area is 111 Å². The molecule has 0 saturated carbocycles. The fourth-order valence-electron chi connectivity index (χ4n) is 2.53. The highest BCUT2D eigenvalue weighted by molar-refractivity contribution is 5.98. The lowest BCUT2D eigenvalue weighted by Crippen LogP contribution is -2.21. The molecule has 96 valence electrons. The first-order valence-corrected chi connectivity index (χ1v) is 6.34. The van der Waals surface area contributed by atoms with E-state index in [0.717, 1.165) is 12.1 Å². The predicted molar refractivity (Wildman–Crippen MR) is 73.0 cm³/mol. The summed E-state index contributed by atoms with van der Waals surface area (Å²) < 4.78 is 0. The number of rotatable bonds is 1. The second-order valence-electron chi connectivity index (χ2n) is 5.03. The highest BCUT2D eigenvalue weighted by Crippen LogP contribution is 2.31. The summed E-state index contributed by atoms with van der Waals surface area (Å²) in [6, 6.07) is 8.32. The van der Waals surface area contributed by atoms with Gasteiger partial charge in [0.25, 0.3) is 0 Å². The second kappa shape index (κ2) is 4.46. The molecule has 1 aliphatic carbocycles. The Balaban J connectivity index is 1.96. The molecule has 0 saturated heterocycles. The molecule has 0 bridgehead atoms. The van der Waals surface area contributed by atoms with Crippen LogP contribution in [0.2, 0.25) is 0 Å². The van der Waals surface area contributed by atoms with Crippen LogP contribution in [0.5, 0.6) is 0 Å². The van der Waals surface area contributed by atoms with E-state index in [1.807, 2.05) is 0 Å². The summed E-state index contributed by atoms with van der Waals surface area (Å²) in [7, 11) is 0. The van der Waals surface area contributed by atoms with Crippen molar-refractivity contribution in [2.75, 3.05) is 5.73 Å². The quantitative estimate of drug-likeness (QED) is 0.846. The molecule has 4 nitrogen and oxygen atoms in total. The van der Waals surface area contributed by atoms with Crippen molar-refractivity contribution in [3.63, 3.8) is 0 Å². The highest BCUT2D eigenvalue weighted by atomic mass is 16.1. The van der Waals surface area contributed by atoms with Gasteiger partial charge in [0, 0.05) is 12.6 Å². The van der Waals surface area contributed by atoms with E-state index in [-0.39, 0.29) is 17.6 Å². The first-order chi connectivity index (χ1) is 9.13. The molecule has 2 aromatic rings. The Morgan fingerprint density at radius 3 is 2.68 bits per heavy atom. The summed E-state index contributed by atoms with van der Waals surface area (Å²) in [6.45, 7) is 2.05. The number of hydrogen-bond donors (Lipinski definition) is 1. The highest BCUT2D eigenvalue weighted by Gasteiger charge is 2.27. The van der Waals surface area contributed by atoms with Crippen LogP contribution >= 0.6 is 0 Å². The smallest absolute Gasteiger partial charge is 0.220 e. The van der Waals surface area contributed by atoms with E-state index in [1.165, 1.54) is 11.1 Å². The molecule has 0 radical (unpaired) electrons. The Kier molecular flexibility index (Phi) is 2.78.